The highest BCUT2D eigenvalue weighted by atomic mass is 16.2. The number of anilines is 1. The van der Waals surface area contributed by atoms with Crippen molar-refractivity contribution in [2.45, 2.75) is 33.9 Å². The van der Waals surface area contributed by atoms with Crippen LogP contribution in [0, 0.1) is 5.92 Å². The monoisotopic (exact) mass is 318 g/mol. The lowest BCUT2D eigenvalue weighted by atomic mass is 10.1. The van der Waals surface area contributed by atoms with Crippen LogP contribution in [0.15, 0.2) is 27.8 Å². The number of nitrogens with two attached hydrogens (primary N) is 1. The first-order chi connectivity index (χ1) is 10.9. The van der Waals surface area contributed by atoms with Gasteiger partial charge in [-0.25, -0.2) is 4.79 Å². The standard InChI is InChI=1S/C16H22N4O3/c1-4-19-13-7-6-11(18-14(21)10(3)9-17)8-12(13)15(22)20(5-2)16(19)23/h6-8,10H,4-5,9,17H2,1-3H3,(H,18,21). The molecule has 2 aromatic rings. The van der Waals surface area contributed by atoms with Gasteiger partial charge in [-0.15, -0.1) is 0 Å². The Kier molecular flexibility index (Phi) is 5.00. The first-order valence-corrected chi connectivity index (χ1v) is 7.72. The molecule has 3 N–H and O–H groups in total. The second kappa shape index (κ2) is 6.78. The van der Waals surface area contributed by atoms with Crippen molar-refractivity contribution in [3.8, 4) is 0 Å². The Morgan fingerprint density at radius 1 is 1.22 bits per heavy atom. The van der Waals surface area contributed by atoms with Crippen LogP contribution in [0.5, 0.6) is 0 Å². The van der Waals surface area contributed by atoms with Gasteiger partial charge in [-0.3, -0.25) is 18.7 Å². The summed E-state index contributed by atoms with van der Waals surface area (Å²) in [5, 5.41) is 3.16. The third-order valence-corrected chi connectivity index (χ3v) is 3.93. The van der Waals surface area contributed by atoms with Gasteiger partial charge in [0, 0.05) is 31.2 Å². The number of nitrogens with one attached hydrogen (secondary N) is 1. The van der Waals surface area contributed by atoms with Gasteiger partial charge >= 0.3 is 5.69 Å². The van der Waals surface area contributed by atoms with E-state index in [9.17, 15) is 14.4 Å². The molecular formula is C16H22N4O3. The third-order valence-electron chi connectivity index (χ3n) is 3.93. The van der Waals surface area contributed by atoms with Crippen molar-refractivity contribution < 1.29 is 4.79 Å². The van der Waals surface area contributed by atoms with Crippen molar-refractivity contribution in [1.82, 2.24) is 9.13 Å². The van der Waals surface area contributed by atoms with Crippen LogP contribution >= 0.6 is 0 Å². The van der Waals surface area contributed by atoms with Crippen LogP contribution < -0.4 is 22.3 Å². The number of hydrogen-bond acceptors (Lipinski definition) is 4. The van der Waals surface area contributed by atoms with E-state index in [-0.39, 0.29) is 29.6 Å². The minimum absolute atomic E-state index is 0.202. The zero-order chi connectivity index (χ0) is 17.1. The number of nitrogens with zero attached hydrogens (tertiary/aromatic N) is 2. The third kappa shape index (κ3) is 3.05. The van der Waals surface area contributed by atoms with Crippen LogP contribution in [0.3, 0.4) is 0 Å². The average Bonchev–Trinajstić information content (AvgIpc) is 2.55. The van der Waals surface area contributed by atoms with Crippen molar-refractivity contribution in [1.29, 1.82) is 0 Å². The van der Waals surface area contributed by atoms with Crippen LogP contribution in [0.2, 0.25) is 0 Å². The van der Waals surface area contributed by atoms with Crippen molar-refractivity contribution >= 4 is 22.5 Å². The summed E-state index contributed by atoms with van der Waals surface area (Å²) >= 11 is 0. The second-order valence-electron chi connectivity index (χ2n) is 5.43. The molecule has 0 saturated heterocycles. The lowest BCUT2D eigenvalue weighted by Crippen LogP contribution is -2.39. The van der Waals surface area contributed by atoms with E-state index >= 15 is 0 Å². The molecule has 0 bridgehead atoms. The Balaban J connectivity index is 2.62. The summed E-state index contributed by atoms with van der Waals surface area (Å²) in [5.74, 6) is -0.519. The summed E-state index contributed by atoms with van der Waals surface area (Å²) in [4.78, 5) is 36.7. The second-order valence-corrected chi connectivity index (χ2v) is 5.43. The summed E-state index contributed by atoms with van der Waals surface area (Å²) in [6.45, 7) is 6.35. The summed E-state index contributed by atoms with van der Waals surface area (Å²) in [6, 6.07) is 4.98. The Hall–Kier alpha value is -2.41. The molecule has 124 valence electrons. The fraction of sp³-hybridized carbons (Fsp3) is 0.438. The molecule has 1 unspecified atom stereocenters. The Morgan fingerprint density at radius 2 is 1.87 bits per heavy atom. The summed E-state index contributed by atoms with van der Waals surface area (Å²) < 4.78 is 2.74. The molecule has 0 aliphatic rings. The highest BCUT2D eigenvalue weighted by Gasteiger charge is 2.14. The molecule has 1 heterocycles. The van der Waals surface area contributed by atoms with Crippen LogP contribution in [0.25, 0.3) is 10.9 Å². The summed E-state index contributed by atoms with van der Waals surface area (Å²) in [5.41, 5.74) is 5.90. The molecule has 1 amide bonds. The molecule has 7 heteroatoms. The van der Waals surface area contributed by atoms with Gasteiger partial charge in [0.25, 0.3) is 5.56 Å². The van der Waals surface area contributed by atoms with E-state index in [4.69, 9.17) is 5.73 Å². The van der Waals surface area contributed by atoms with Gasteiger partial charge in [0.2, 0.25) is 5.91 Å². The Labute approximate surface area is 133 Å². The van der Waals surface area contributed by atoms with Gasteiger partial charge in [0.1, 0.15) is 0 Å². The maximum atomic E-state index is 12.5. The summed E-state index contributed by atoms with van der Waals surface area (Å²) in [7, 11) is 0. The molecule has 0 saturated carbocycles. The van der Waals surface area contributed by atoms with Gasteiger partial charge in [-0.05, 0) is 32.0 Å². The molecule has 1 atom stereocenters. The normalized spacial score (nSPS) is 12.3. The fourth-order valence-electron chi connectivity index (χ4n) is 2.46. The molecule has 0 aliphatic carbocycles. The minimum atomic E-state index is -0.347. The quantitative estimate of drug-likeness (QED) is 0.849. The highest BCUT2D eigenvalue weighted by molar-refractivity contribution is 5.94. The highest BCUT2D eigenvalue weighted by Crippen LogP contribution is 2.16. The fourth-order valence-corrected chi connectivity index (χ4v) is 2.46. The van der Waals surface area contributed by atoms with E-state index in [2.05, 4.69) is 5.32 Å². The molecule has 0 fully saturated rings. The number of aryl methyl sites for hydroxylation is 1. The van der Waals surface area contributed by atoms with Crippen LogP contribution in [0.4, 0.5) is 5.69 Å². The largest absolute Gasteiger partial charge is 0.331 e. The number of carbonyl (C=O) groups is 1. The SMILES string of the molecule is CCn1c(=O)c2cc(NC(=O)C(C)CN)ccc2n(CC)c1=O. The van der Waals surface area contributed by atoms with E-state index in [1.807, 2.05) is 6.92 Å². The van der Waals surface area contributed by atoms with Crippen LogP contribution in [-0.4, -0.2) is 21.6 Å². The molecule has 1 aromatic heterocycles. The van der Waals surface area contributed by atoms with E-state index in [0.29, 0.717) is 29.7 Å². The van der Waals surface area contributed by atoms with Gasteiger partial charge in [0.05, 0.1) is 10.9 Å². The van der Waals surface area contributed by atoms with Gasteiger partial charge < -0.3 is 11.1 Å². The number of aromatic nitrogens is 2. The smallest absolute Gasteiger partial charge is 0.330 e. The number of amides is 1. The number of rotatable bonds is 5. The molecule has 1 aromatic carbocycles. The predicted octanol–water partition coefficient (Wildman–Crippen LogP) is 0.736. The van der Waals surface area contributed by atoms with Crippen molar-refractivity contribution in [2.75, 3.05) is 11.9 Å². The number of hydrogen-bond donors (Lipinski definition) is 2. The maximum absolute atomic E-state index is 12.5. The first kappa shape index (κ1) is 17.0. The number of fused-ring (bicyclic) bond motifs is 1. The molecule has 23 heavy (non-hydrogen) atoms. The van der Waals surface area contributed by atoms with Crippen molar-refractivity contribution in [3.63, 3.8) is 0 Å². The van der Waals surface area contributed by atoms with E-state index in [1.54, 1.807) is 36.6 Å². The average molecular weight is 318 g/mol. The van der Waals surface area contributed by atoms with Gasteiger partial charge in [0.15, 0.2) is 0 Å². The van der Waals surface area contributed by atoms with Gasteiger partial charge in [-0.2, -0.15) is 0 Å². The Bertz CT molecular complexity index is 851. The van der Waals surface area contributed by atoms with Crippen LogP contribution in [0.1, 0.15) is 20.8 Å². The lowest BCUT2D eigenvalue weighted by Gasteiger charge is -2.14. The molecule has 2 rings (SSSR count). The maximum Gasteiger partial charge on any atom is 0.331 e. The Morgan fingerprint density at radius 3 is 2.43 bits per heavy atom. The number of carbonyl (C=O) groups excluding carboxylic acids is 1. The molecule has 0 aliphatic heterocycles. The van der Waals surface area contributed by atoms with Crippen LogP contribution in [-0.2, 0) is 17.9 Å². The molecule has 7 nitrogen and oxygen atoms in total. The zero-order valence-electron chi connectivity index (χ0n) is 13.6. The molecule has 0 spiro atoms. The minimum Gasteiger partial charge on any atom is -0.330 e. The lowest BCUT2D eigenvalue weighted by molar-refractivity contribution is -0.119. The topological polar surface area (TPSA) is 99.1 Å². The summed E-state index contributed by atoms with van der Waals surface area (Å²) in [6.07, 6.45) is 0. The van der Waals surface area contributed by atoms with Gasteiger partial charge in [-0.1, -0.05) is 6.92 Å². The number of benzene rings is 1. The molecular weight excluding hydrogens is 296 g/mol. The van der Waals surface area contributed by atoms with Crippen molar-refractivity contribution in [3.05, 3.63) is 39.0 Å². The van der Waals surface area contributed by atoms with E-state index in [1.165, 1.54) is 4.57 Å². The molecule has 0 radical (unpaired) electrons. The van der Waals surface area contributed by atoms with E-state index in [0.717, 1.165) is 0 Å². The van der Waals surface area contributed by atoms with Crippen molar-refractivity contribution in [2.24, 2.45) is 11.7 Å². The zero-order valence-corrected chi connectivity index (χ0v) is 13.6. The predicted molar refractivity (Wildman–Crippen MR) is 90.7 cm³/mol. The first-order valence-electron chi connectivity index (χ1n) is 7.72. The van der Waals surface area contributed by atoms with E-state index < -0.39 is 0 Å².